The molecule has 1 aromatic carbocycles. The highest BCUT2D eigenvalue weighted by Crippen LogP contribution is 2.23. The smallest absolute Gasteiger partial charge is 0.138 e. The molecule has 0 N–H and O–H groups in total. The first-order chi connectivity index (χ1) is 8.66. The zero-order chi connectivity index (χ0) is 13.0. The van der Waals surface area contributed by atoms with E-state index in [1.807, 2.05) is 38.2 Å². The van der Waals surface area contributed by atoms with E-state index in [0.717, 1.165) is 22.8 Å². The molecule has 0 fully saturated rings. The summed E-state index contributed by atoms with van der Waals surface area (Å²) in [5.74, 6) is 1.63. The number of benzene rings is 1. The molecule has 0 aliphatic rings. The lowest BCUT2D eigenvalue weighted by Crippen LogP contribution is -2.00. The van der Waals surface area contributed by atoms with E-state index in [9.17, 15) is 0 Å². The van der Waals surface area contributed by atoms with Gasteiger partial charge >= 0.3 is 0 Å². The Hall–Kier alpha value is -1.06. The van der Waals surface area contributed by atoms with E-state index in [1.165, 1.54) is 4.90 Å². The van der Waals surface area contributed by atoms with Gasteiger partial charge in [-0.1, -0.05) is 18.2 Å². The highest BCUT2D eigenvalue weighted by atomic mass is 35.5. The number of halogens is 1. The Morgan fingerprint density at radius 2 is 2.00 bits per heavy atom. The van der Waals surface area contributed by atoms with Crippen molar-refractivity contribution in [2.24, 2.45) is 0 Å². The Labute approximate surface area is 117 Å². The molecule has 0 bridgehead atoms. The molecule has 0 amide bonds. The molecule has 2 aromatic rings. The zero-order valence-corrected chi connectivity index (χ0v) is 12.0. The molecule has 4 heteroatoms. The maximum atomic E-state index is 6.05. The summed E-state index contributed by atoms with van der Waals surface area (Å²) in [7, 11) is 0. The number of thioether (sulfide) groups is 1. The molecule has 1 aromatic heterocycles. The molecule has 0 spiro atoms. The molecule has 1 atom stereocenters. The van der Waals surface area contributed by atoms with Crippen LogP contribution in [0.5, 0.6) is 0 Å². The number of hydrogen-bond donors (Lipinski definition) is 0. The standard InChI is InChI=1S/C14H15ClN2S/c1-10(15)13-8-16-14(17-11(13)2)9-18-12-6-4-3-5-7-12/h3-8,10H,9H2,1-2H3. The molecule has 18 heavy (non-hydrogen) atoms. The summed E-state index contributed by atoms with van der Waals surface area (Å²) in [6, 6.07) is 10.3. The maximum Gasteiger partial charge on any atom is 0.138 e. The first-order valence-corrected chi connectivity index (χ1v) is 7.23. The maximum absolute atomic E-state index is 6.05. The lowest BCUT2D eigenvalue weighted by Gasteiger charge is -2.08. The Morgan fingerprint density at radius 1 is 1.28 bits per heavy atom. The van der Waals surface area contributed by atoms with Gasteiger partial charge in [0.15, 0.2) is 0 Å². The van der Waals surface area contributed by atoms with Crippen LogP contribution in [0.2, 0.25) is 0 Å². The van der Waals surface area contributed by atoms with Gasteiger partial charge < -0.3 is 0 Å². The Morgan fingerprint density at radius 3 is 2.61 bits per heavy atom. The third kappa shape index (κ3) is 3.47. The highest BCUT2D eigenvalue weighted by molar-refractivity contribution is 7.98. The van der Waals surface area contributed by atoms with E-state index in [1.54, 1.807) is 11.8 Å². The Kier molecular flexibility index (Phi) is 4.61. The van der Waals surface area contributed by atoms with Crippen molar-refractivity contribution in [3.05, 3.63) is 53.6 Å². The molecule has 0 radical (unpaired) electrons. The van der Waals surface area contributed by atoms with Crippen LogP contribution in [0.15, 0.2) is 41.4 Å². The topological polar surface area (TPSA) is 25.8 Å². The van der Waals surface area contributed by atoms with Gasteiger partial charge in [-0.2, -0.15) is 0 Å². The van der Waals surface area contributed by atoms with E-state index in [-0.39, 0.29) is 5.38 Å². The van der Waals surface area contributed by atoms with Crippen LogP contribution in [0, 0.1) is 6.92 Å². The molecule has 0 aliphatic carbocycles. The second kappa shape index (κ2) is 6.21. The third-order valence-electron chi connectivity index (χ3n) is 2.61. The van der Waals surface area contributed by atoms with Gasteiger partial charge in [-0.3, -0.25) is 0 Å². The summed E-state index contributed by atoms with van der Waals surface area (Å²) in [5, 5.41) is -0.0409. The zero-order valence-electron chi connectivity index (χ0n) is 10.4. The molecule has 0 saturated carbocycles. The molecule has 94 valence electrons. The molecule has 0 saturated heterocycles. The van der Waals surface area contributed by atoms with Gasteiger partial charge in [-0.25, -0.2) is 9.97 Å². The van der Waals surface area contributed by atoms with Crippen LogP contribution in [0.4, 0.5) is 0 Å². The second-order valence-corrected chi connectivity index (χ2v) is 5.75. The van der Waals surface area contributed by atoms with Crippen LogP contribution < -0.4 is 0 Å². The minimum Gasteiger partial charge on any atom is -0.240 e. The van der Waals surface area contributed by atoms with Crippen molar-refractivity contribution in [1.82, 2.24) is 9.97 Å². The lowest BCUT2D eigenvalue weighted by atomic mass is 10.2. The third-order valence-corrected chi connectivity index (χ3v) is 3.85. The number of rotatable bonds is 4. The van der Waals surface area contributed by atoms with Crippen molar-refractivity contribution in [2.75, 3.05) is 0 Å². The van der Waals surface area contributed by atoms with Crippen LogP contribution in [-0.4, -0.2) is 9.97 Å². The largest absolute Gasteiger partial charge is 0.240 e. The van der Waals surface area contributed by atoms with E-state index in [4.69, 9.17) is 11.6 Å². The summed E-state index contributed by atoms with van der Waals surface area (Å²) in [6.45, 7) is 3.91. The minimum absolute atomic E-state index is 0.0409. The second-order valence-electron chi connectivity index (χ2n) is 4.04. The van der Waals surface area contributed by atoms with Crippen molar-refractivity contribution in [2.45, 2.75) is 29.9 Å². The SMILES string of the molecule is Cc1nc(CSc2ccccc2)ncc1C(C)Cl. The Bertz CT molecular complexity index is 514. The van der Waals surface area contributed by atoms with Crippen LogP contribution in [0.25, 0.3) is 0 Å². The van der Waals surface area contributed by atoms with Crippen molar-refractivity contribution < 1.29 is 0 Å². The highest BCUT2D eigenvalue weighted by Gasteiger charge is 2.08. The molecule has 0 aliphatic heterocycles. The molecule has 1 unspecified atom stereocenters. The quantitative estimate of drug-likeness (QED) is 0.613. The fourth-order valence-corrected chi connectivity index (χ4v) is 2.65. The monoisotopic (exact) mass is 278 g/mol. The lowest BCUT2D eigenvalue weighted by molar-refractivity contribution is 0.924. The molecular weight excluding hydrogens is 264 g/mol. The van der Waals surface area contributed by atoms with Gasteiger partial charge in [-0.15, -0.1) is 23.4 Å². The molecule has 1 heterocycles. The van der Waals surface area contributed by atoms with E-state index >= 15 is 0 Å². The fraction of sp³-hybridized carbons (Fsp3) is 0.286. The molecule has 2 nitrogen and oxygen atoms in total. The van der Waals surface area contributed by atoms with Crippen molar-refractivity contribution >= 4 is 23.4 Å². The predicted molar refractivity (Wildman–Crippen MR) is 77.0 cm³/mol. The minimum atomic E-state index is -0.0409. The van der Waals surface area contributed by atoms with E-state index in [0.29, 0.717) is 0 Å². The molecular formula is C14H15ClN2S. The number of aromatic nitrogens is 2. The van der Waals surface area contributed by atoms with Gasteiger partial charge in [0.05, 0.1) is 11.1 Å². The van der Waals surface area contributed by atoms with Gasteiger partial charge in [0.2, 0.25) is 0 Å². The van der Waals surface area contributed by atoms with E-state index < -0.39 is 0 Å². The fourth-order valence-electron chi connectivity index (χ4n) is 1.65. The number of nitrogens with zero attached hydrogens (tertiary/aromatic N) is 2. The van der Waals surface area contributed by atoms with Gasteiger partial charge in [0, 0.05) is 22.3 Å². The van der Waals surface area contributed by atoms with Crippen LogP contribution >= 0.6 is 23.4 Å². The Balaban J connectivity index is 2.05. The van der Waals surface area contributed by atoms with Crippen LogP contribution in [0.3, 0.4) is 0 Å². The van der Waals surface area contributed by atoms with Crippen LogP contribution in [0.1, 0.15) is 29.4 Å². The predicted octanol–water partition coefficient (Wildman–Crippen LogP) is 4.38. The van der Waals surface area contributed by atoms with Crippen molar-refractivity contribution in [3.8, 4) is 0 Å². The number of aryl methyl sites for hydroxylation is 1. The summed E-state index contributed by atoms with van der Waals surface area (Å²) < 4.78 is 0. The number of alkyl halides is 1. The van der Waals surface area contributed by atoms with Crippen LogP contribution in [-0.2, 0) is 5.75 Å². The average molecular weight is 279 g/mol. The first kappa shape index (κ1) is 13.4. The normalized spacial score (nSPS) is 12.4. The number of hydrogen-bond acceptors (Lipinski definition) is 3. The first-order valence-electron chi connectivity index (χ1n) is 5.81. The molecule has 2 rings (SSSR count). The van der Waals surface area contributed by atoms with Crippen molar-refractivity contribution in [1.29, 1.82) is 0 Å². The summed E-state index contributed by atoms with van der Waals surface area (Å²) in [6.07, 6.45) is 1.83. The summed E-state index contributed by atoms with van der Waals surface area (Å²) in [5.41, 5.74) is 1.97. The van der Waals surface area contributed by atoms with E-state index in [2.05, 4.69) is 22.1 Å². The van der Waals surface area contributed by atoms with Gasteiger partial charge in [0.25, 0.3) is 0 Å². The van der Waals surface area contributed by atoms with Gasteiger partial charge in [0.1, 0.15) is 5.82 Å². The summed E-state index contributed by atoms with van der Waals surface area (Å²) >= 11 is 7.79. The van der Waals surface area contributed by atoms with Crippen molar-refractivity contribution in [3.63, 3.8) is 0 Å². The summed E-state index contributed by atoms with van der Waals surface area (Å²) in [4.78, 5) is 10.1. The van der Waals surface area contributed by atoms with Gasteiger partial charge in [-0.05, 0) is 26.0 Å². The average Bonchev–Trinajstić information content (AvgIpc) is 2.37.